The summed E-state index contributed by atoms with van der Waals surface area (Å²) < 4.78 is 5.76. The molecule has 132 valence electrons. The van der Waals surface area contributed by atoms with Gasteiger partial charge >= 0.3 is 6.03 Å². The number of hydrogen-bond acceptors (Lipinski definition) is 4. The van der Waals surface area contributed by atoms with Crippen LogP contribution in [0.1, 0.15) is 5.76 Å². The number of amides is 2. The van der Waals surface area contributed by atoms with Crippen molar-refractivity contribution in [1.82, 2.24) is 14.8 Å². The minimum Gasteiger partial charge on any atom is -0.455 e. The molecule has 25 heavy (non-hydrogen) atoms. The number of carbonyl (C=O) groups excluding carboxylic acids is 1. The summed E-state index contributed by atoms with van der Waals surface area (Å²) in [6, 6.07) is 11.1. The zero-order valence-corrected chi connectivity index (χ0v) is 15.1. The van der Waals surface area contributed by atoms with Gasteiger partial charge in [-0.3, -0.25) is 0 Å². The van der Waals surface area contributed by atoms with Crippen LogP contribution in [0.25, 0.3) is 11.3 Å². The summed E-state index contributed by atoms with van der Waals surface area (Å²) >= 11 is 5.90. The number of nitrogens with zero attached hydrogens (tertiary/aromatic N) is 4. The summed E-state index contributed by atoms with van der Waals surface area (Å²) in [7, 11) is 3.98. The fourth-order valence-corrected chi connectivity index (χ4v) is 2.65. The highest BCUT2D eigenvalue weighted by molar-refractivity contribution is 6.30. The van der Waals surface area contributed by atoms with Gasteiger partial charge in [-0.05, 0) is 50.5 Å². The first-order chi connectivity index (χ1) is 12.0. The Morgan fingerprint density at radius 3 is 2.68 bits per heavy atom. The van der Waals surface area contributed by atoms with E-state index >= 15 is 0 Å². The van der Waals surface area contributed by atoms with Crippen molar-refractivity contribution in [3.8, 4) is 11.3 Å². The molecular weight excluding hydrogens is 340 g/mol. The number of furan rings is 1. The third kappa shape index (κ3) is 4.41. The minimum absolute atomic E-state index is 0.0671. The second kappa shape index (κ2) is 7.72. The van der Waals surface area contributed by atoms with E-state index in [1.165, 1.54) is 5.01 Å². The number of benzene rings is 1. The summed E-state index contributed by atoms with van der Waals surface area (Å²) in [6.07, 6.45) is 1.58. The van der Waals surface area contributed by atoms with Gasteiger partial charge < -0.3 is 14.2 Å². The highest BCUT2D eigenvalue weighted by Gasteiger charge is 2.27. The van der Waals surface area contributed by atoms with Crippen LogP contribution in [0.15, 0.2) is 45.9 Å². The molecule has 1 aromatic carbocycles. The molecule has 1 aliphatic rings. The first-order valence-corrected chi connectivity index (χ1v) is 8.51. The maximum Gasteiger partial charge on any atom is 0.340 e. The van der Waals surface area contributed by atoms with Crippen molar-refractivity contribution < 1.29 is 9.21 Å². The molecule has 0 saturated carbocycles. The van der Waals surface area contributed by atoms with Crippen molar-refractivity contribution in [2.75, 3.05) is 40.3 Å². The van der Waals surface area contributed by atoms with Crippen LogP contribution in [0.4, 0.5) is 4.79 Å². The topological polar surface area (TPSA) is 52.3 Å². The predicted octanol–water partition coefficient (Wildman–Crippen LogP) is 3.23. The van der Waals surface area contributed by atoms with E-state index in [9.17, 15) is 4.79 Å². The number of rotatable bonds is 6. The Morgan fingerprint density at radius 2 is 1.96 bits per heavy atom. The van der Waals surface area contributed by atoms with Gasteiger partial charge in [-0.15, -0.1) is 0 Å². The summed E-state index contributed by atoms with van der Waals surface area (Å²) in [5, 5.41) is 6.42. The lowest BCUT2D eigenvalue weighted by Gasteiger charge is -2.18. The molecule has 7 heteroatoms. The van der Waals surface area contributed by atoms with E-state index < -0.39 is 0 Å². The summed E-state index contributed by atoms with van der Waals surface area (Å²) in [4.78, 5) is 16.1. The Hall–Kier alpha value is -2.31. The van der Waals surface area contributed by atoms with E-state index in [2.05, 4.69) is 10.0 Å². The van der Waals surface area contributed by atoms with E-state index in [4.69, 9.17) is 16.0 Å². The molecule has 2 amide bonds. The van der Waals surface area contributed by atoms with Gasteiger partial charge in [-0.25, -0.2) is 9.80 Å². The van der Waals surface area contributed by atoms with Gasteiger partial charge in [0.25, 0.3) is 0 Å². The largest absolute Gasteiger partial charge is 0.455 e. The normalized spacial score (nSPS) is 15.1. The van der Waals surface area contributed by atoms with Gasteiger partial charge in [-0.2, -0.15) is 5.10 Å². The monoisotopic (exact) mass is 360 g/mol. The number of halogens is 1. The van der Waals surface area contributed by atoms with Crippen LogP contribution >= 0.6 is 11.6 Å². The average molecular weight is 361 g/mol. The van der Waals surface area contributed by atoms with Gasteiger partial charge in [0.15, 0.2) is 0 Å². The Kier molecular flexibility index (Phi) is 5.40. The molecule has 3 rings (SSSR count). The van der Waals surface area contributed by atoms with Crippen molar-refractivity contribution in [3.63, 3.8) is 0 Å². The molecule has 2 aromatic rings. The van der Waals surface area contributed by atoms with Gasteiger partial charge in [0.05, 0.1) is 12.8 Å². The predicted molar refractivity (Wildman–Crippen MR) is 99.0 cm³/mol. The van der Waals surface area contributed by atoms with Crippen LogP contribution in [-0.4, -0.2) is 67.3 Å². The van der Waals surface area contributed by atoms with E-state index in [0.717, 1.165) is 17.9 Å². The number of hydrogen-bond donors (Lipinski definition) is 0. The summed E-state index contributed by atoms with van der Waals surface area (Å²) in [6.45, 7) is 2.83. The van der Waals surface area contributed by atoms with Crippen molar-refractivity contribution in [3.05, 3.63) is 47.2 Å². The molecular formula is C18H21ClN4O2. The van der Waals surface area contributed by atoms with Crippen LogP contribution in [0.2, 0.25) is 5.02 Å². The minimum atomic E-state index is -0.0671. The van der Waals surface area contributed by atoms with Gasteiger partial charge in [0.1, 0.15) is 11.5 Å². The van der Waals surface area contributed by atoms with Crippen molar-refractivity contribution >= 4 is 23.8 Å². The first kappa shape index (κ1) is 17.5. The second-order valence-corrected chi connectivity index (χ2v) is 6.59. The highest BCUT2D eigenvalue weighted by Crippen LogP contribution is 2.23. The maximum absolute atomic E-state index is 12.3. The summed E-state index contributed by atoms with van der Waals surface area (Å²) in [5.74, 6) is 1.34. The lowest BCUT2D eigenvalue weighted by Crippen LogP contribution is -2.34. The van der Waals surface area contributed by atoms with Crippen LogP contribution < -0.4 is 0 Å². The molecule has 0 atom stereocenters. The molecule has 0 spiro atoms. The molecule has 0 bridgehead atoms. The third-order valence-corrected chi connectivity index (χ3v) is 4.22. The summed E-state index contributed by atoms with van der Waals surface area (Å²) in [5.41, 5.74) is 0.941. The molecule has 0 radical (unpaired) electrons. The maximum atomic E-state index is 12.3. The highest BCUT2D eigenvalue weighted by atomic mass is 35.5. The Labute approximate surface area is 152 Å². The fraction of sp³-hybridized carbons (Fsp3) is 0.333. The average Bonchev–Trinajstić information content (AvgIpc) is 3.19. The van der Waals surface area contributed by atoms with Gasteiger partial charge in [-0.1, -0.05) is 11.6 Å². The first-order valence-electron chi connectivity index (χ1n) is 8.14. The van der Waals surface area contributed by atoms with Crippen molar-refractivity contribution in [2.24, 2.45) is 5.10 Å². The molecule has 6 nitrogen and oxygen atoms in total. The van der Waals surface area contributed by atoms with Crippen molar-refractivity contribution in [2.45, 2.75) is 0 Å². The van der Waals surface area contributed by atoms with E-state index in [0.29, 0.717) is 30.4 Å². The zero-order valence-electron chi connectivity index (χ0n) is 14.4. The fourth-order valence-electron chi connectivity index (χ4n) is 2.52. The number of hydrazone groups is 1. The molecule has 1 aliphatic heterocycles. The lowest BCUT2D eigenvalue weighted by atomic mass is 10.2. The SMILES string of the molecule is CN(C)CCN1CCN(/N=C/c2ccc(-c3ccc(Cl)cc3)o2)C1=O. The number of urea groups is 1. The van der Waals surface area contributed by atoms with Crippen LogP contribution in [0, 0.1) is 0 Å². The smallest absolute Gasteiger partial charge is 0.340 e. The number of carbonyl (C=O) groups is 1. The molecule has 0 unspecified atom stereocenters. The molecule has 2 heterocycles. The second-order valence-electron chi connectivity index (χ2n) is 6.15. The molecule has 0 aliphatic carbocycles. The quantitative estimate of drug-likeness (QED) is 0.743. The van der Waals surface area contributed by atoms with Gasteiger partial charge in [0, 0.05) is 30.2 Å². The van der Waals surface area contributed by atoms with E-state index in [1.54, 1.807) is 11.1 Å². The molecule has 1 saturated heterocycles. The standard InChI is InChI=1S/C18H21ClN4O2/c1-21(2)9-10-22-11-12-23(18(22)24)20-13-16-7-8-17(25-16)14-3-5-15(19)6-4-14/h3-8,13H,9-12H2,1-2H3/b20-13+. The Bertz CT molecular complexity index is 755. The number of likely N-dealkylation sites (N-methyl/N-ethyl adjacent to an activating group) is 1. The van der Waals surface area contributed by atoms with Crippen molar-refractivity contribution in [1.29, 1.82) is 0 Å². The Morgan fingerprint density at radius 1 is 1.20 bits per heavy atom. The van der Waals surface area contributed by atoms with Crippen LogP contribution in [-0.2, 0) is 0 Å². The molecule has 1 fully saturated rings. The van der Waals surface area contributed by atoms with E-state index in [-0.39, 0.29) is 6.03 Å². The molecule has 0 N–H and O–H groups in total. The van der Waals surface area contributed by atoms with Crippen LogP contribution in [0.5, 0.6) is 0 Å². The third-order valence-electron chi connectivity index (χ3n) is 3.97. The molecule has 1 aromatic heterocycles. The van der Waals surface area contributed by atoms with Crippen LogP contribution in [0.3, 0.4) is 0 Å². The van der Waals surface area contributed by atoms with E-state index in [1.807, 2.05) is 50.5 Å². The lowest BCUT2D eigenvalue weighted by molar-refractivity contribution is 0.190. The zero-order chi connectivity index (χ0) is 17.8. The van der Waals surface area contributed by atoms with Gasteiger partial charge in [0.2, 0.25) is 0 Å². The Balaban J connectivity index is 1.61.